The lowest BCUT2D eigenvalue weighted by molar-refractivity contribution is -0.138. The van der Waals surface area contributed by atoms with E-state index in [4.69, 9.17) is 4.74 Å². The third kappa shape index (κ3) is 8.53. The molecule has 12 nitrogen and oxygen atoms in total. The predicted octanol–water partition coefficient (Wildman–Crippen LogP) is 6.19. The molecule has 8 rings (SSSR count). The van der Waals surface area contributed by atoms with Crippen LogP contribution >= 0.6 is 0 Å². The molecule has 58 heavy (non-hydrogen) atoms. The first-order chi connectivity index (χ1) is 28.4. The number of rotatable bonds is 8. The minimum atomic E-state index is -0.883. The van der Waals surface area contributed by atoms with Gasteiger partial charge < -0.3 is 29.8 Å². The van der Waals surface area contributed by atoms with Gasteiger partial charge >= 0.3 is 6.09 Å². The summed E-state index contributed by atoms with van der Waals surface area (Å²) in [5.41, 5.74) is 4.70. The van der Waals surface area contributed by atoms with Gasteiger partial charge in [-0.05, 0) is 98.8 Å². The molecule has 4 atom stereocenters. The number of H-pyrrole nitrogens is 2. The Kier molecular flexibility index (Phi) is 11.6. The Balaban J connectivity index is 0.901. The lowest BCUT2D eigenvalue weighted by atomic mass is 10.0. The number of nitrogens with one attached hydrogen (secondary N) is 3. The average Bonchev–Trinajstić information content (AvgIpc) is 4.12. The monoisotopic (exact) mass is 774 g/mol. The molecule has 0 spiro atoms. The summed E-state index contributed by atoms with van der Waals surface area (Å²) in [4.78, 5) is 62.2. The quantitative estimate of drug-likeness (QED) is 0.160. The summed E-state index contributed by atoms with van der Waals surface area (Å²) in [5, 5.41) is 2.70. The lowest BCUT2D eigenvalue weighted by Gasteiger charge is -2.33. The van der Waals surface area contributed by atoms with Crippen molar-refractivity contribution in [2.75, 3.05) is 33.3 Å². The molecule has 3 amide bonds. The summed E-state index contributed by atoms with van der Waals surface area (Å²) >= 11 is 0. The number of methoxy groups -OCH3 is 1. The molecule has 0 bridgehead atoms. The van der Waals surface area contributed by atoms with E-state index in [2.05, 4.69) is 66.0 Å². The van der Waals surface area contributed by atoms with E-state index in [1.54, 1.807) is 17.3 Å². The molecule has 5 heterocycles. The molecule has 3 fully saturated rings. The van der Waals surface area contributed by atoms with E-state index in [0.29, 0.717) is 35.9 Å². The van der Waals surface area contributed by atoms with E-state index in [0.717, 1.165) is 74.1 Å². The Hall–Kier alpha value is -6.63. The van der Waals surface area contributed by atoms with E-state index < -0.39 is 12.1 Å². The van der Waals surface area contributed by atoms with Gasteiger partial charge in [0, 0.05) is 24.2 Å². The van der Waals surface area contributed by atoms with Gasteiger partial charge in [-0.1, -0.05) is 72.5 Å². The molecule has 0 aliphatic carbocycles. The zero-order valence-corrected chi connectivity index (χ0v) is 32.5. The number of imidazole rings is 2. The first-order valence-electron chi connectivity index (χ1n) is 20.0. The van der Waals surface area contributed by atoms with Crippen molar-refractivity contribution in [2.24, 2.45) is 0 Å². The van der Waals surface area contributed by atoms with Crippen LogP contribution in [0.1, 0.15) is 108 Å². The fraction of sp³-hybridized carbons (Fsp3) is 0.326. The molecule has 2 aromatic heterocycles. The fourth-order valence-corrected chi connectivity index (χ4v) is 8.26. The Bertz CT molecular complexity index is 2350. The smallest absolute Gasteiger partial charge is 0.407 e. The number of nitrogens with zero attached hydrogens (tertiary/aromatic N) is 5. The number of aromatic nitrogens is 4. The van der Waals surface area contributed by atoms with Crippen LogP contribution < -0.4 is 5.32 Å². The Labute approximate surface area is 338 Å². The van der Waals surface area contributed by atoms with E-state index in [9.17, 15) is 14.4 Å². The van der Waals surface area contributed by atoms with Crippen molar-refractivity contribution in [1.29, 1.82) is 0 Å². The lowest BCUT2D eigenvalue weighted by Crippen LogP contribution is -2.42. The number of carbonyl (C=O) groups is 3. The van der Waals surface area contributed by atoms with E-state index in [1.807, 2.05) is 77.7 Å². The summed E-state index contributed by atoms with van der Waals surface area (Å²) in [6.07, 6.45) is 8.33. The zero-order chi connectivity index (χ0) is 39.8. The van der Waals surface area contributed by atoms with Gasteiger partial charge in [-0.15, -0.1) is 0 Å². The maximum absolute atomic E-state index is 14.1. The first-order valence-corrected chi connectivity index (χ1v) is 20.0. The maximum Gasteiger partial charge on any atom is 0.407 e. The number of amides is 3. The standard InChI is InChI=1S/C46H46N8O4/c1-58-46(57)51-40(34-12-4-2-5-13-34)44(55)53-28-10-16-38(53)42-47-30-36(49-42)24-22-32-18-20-33(21-19-32)23-25-37-31-48-43(50-37)39-17-11-29-54(39)45(56)41(52-26-8-9-27-52)35-14-6-3-7-15-35/h2-7,12-15,18-21,30-31,38-41H,8-11,16-17,26-29H2,1H3,(H,47,49)(H,48,50)(H,51,57)/t38?,39-,40+,41+/m0/s1. The van der Waals surface area contributed by atoms with Crippen molar-refractivity contribution in [2.45, 2.75) is 62.7 Å². The number of hydrogen-bond acceptors (Lipinski definition) is 7. The van der Waals surface area contributed by atoms with Crippen LogP contribution in [0, 0.1) is 23.7 Å². The predicted molar refractivity (Wildman–Crippen MR) is 218 cm³/mol. The van der Waals surface area contributed by atoms with Crippen molar-refractivity contribution >= 4 is 17.9 Å². The molecule has 3 aromatic carbocycles. The first kappa shape index (κ1) is 38.3. The fourth-order valence-electron chi connectivity index (χ4n) is 8.26. The summed E-state index contributed by atoms with van der Waals surface area (Å²) in [6.45, 7) is 3.13. The van der Waals surface area contributed by atoms with E-state index in [-0.39, 0.29) is 29.9 Å². The number of carbonyl (C=O) groups excluding carboxylic acids is 3. The normalized spacial score (nSPS) is 18.8. The van der Waals surface area contributed by atoms with Crippen LogP contribution in [0.3, 0.4) is 0 Å². The highest BCUT2D eigenvalue weighted by atomic mass is 16.5. The number of benzene rings is 3. The van der Waals surface area contributed by atoms with E-state index in [1.165, 1.54) is 7.11 Å². The molecule has 0 saturated carbocycles. The van der Waals surface area contributed by atoms with Crippen LogP contribution in [-0.2, 0) is 14.3 Å². The summed E-state index contributed by atoms with van der Waals surface area (Å²) < 4.78 is 4.81. The van der Waals surface area contributed by atoms with Gasteiger partial charge in [-0.3, -0.25) is 14.5 Å². The molecule has 1 unspecified atom stereocenters. The maximum atomic E-state index is 14.1. The van der Waals surface area contributed by atoms with Gasteiger partial charge in [0.2, 0.25) is 5.91 Å². The third-order valence-electron chi connectivity index (χ3n) is 11.1. The van der Waals surface area contributed by atoms with Crippen LogP contribution in [0.25, 0.3) is 0 Å². The van der Waals surface area contributed by atoms with Crippen molar-refractivity contribution in [3.05, 3.63) is 143 Å². The van der Waals surface area contributed by atoms with Crippen molar-refractivity contribution in [1.82, 2.24) is 40.0 Å². The van der Waals surface area contributed by atoms with Crippen molar-refractivity contribution < 1.29 is 19.1 Å². The van der Waals surface area contributed by atoms with Crippen LogP contribution in [-0.4, -0.2) is 85.8 Å². The topological polar surface area (TPSA) is 140 Å². The summed E-state index contributed by atoms with van der Waals surface area (Å²) in [5.74, 6) is 14.1. The number of aromatic amines is 2. The molecule has 12 heteroatoms. The second kappa shape index (κ2) is 17.7. The number of hydrogen-bond donors (Lipinski definition) is 3. The number of likely N-dealkylation sites (tertiary alicyclic amines) is 3. The minimum Gasteiger partial charge on any atom is -0.453 e. The molecule has 3 aliphatic heterocycles. The van der Waals surface area contributed by atoms with Gasteiger partial charge in [0.25, 0.3) is 5.91 Å². The largest absolute Gasteiger partial charge is 0.453 e. The zero-order valence-electron chi connectivity index (χ0n) is 32.5. The molecule has 0 radical (unpaired) electrons. The van der Waals surface area contributed by atoms with Gasteiger partial charge in [-0.2, -0.15) is 0 Å². The highest BCUT2D eigenvalue weighted by Gasteiger charge is 2.40. The van der Waals surface area contributed by atoms with Crippen LogP contribution in [0.15, 0.2) is 97.3 Å². The second-order valence-corrected chi connectivity index (χ2v) is 14.9. The molecule has 3 saturated heterocycles. The molecular formula is C46H46N8O4. The van der Waals surface area contributed by atoms with Gasteiger partial charge in [-0.25, -0.2) is 14.8 Å². The van der Waals surface area contributed by atoms with Crippen molar-refractivity contribution in [3.8, 4) is 23.7 Å². The Morgan fingerprint density at radius 2 is 1.16 bits per heavy atom. The Morgan fingerprint density at radius 1 is 0.655 bits per heavy atom. The Morgan fingerprint density at radius 3 is 1.67 bits per heavy atom. The number of ether oxygens (including phenoxy) is 1. The molecule has 3 aliphatic rings. The molecule has 294 valence electrons. The van der Waals surface area contributed by atoms with Gasteiger partial charge in [0.1, 0.15) is 35.1 Å². The van der Waals surface area contributed by atoms with Crippen LogP contribution in [0.2, 0.25) is 0 Å². The van der Waals surface area contributed by atoms with Gasteiger partial charge in [0.05, 0.1) is 31.6 Å². The molecule has 3 N–H and O–H groups in total. The molecular weight excluding hydrogens is 729 g/mol. The van der Waals surface area contributed by atoms with Crippen LogP contribution in [0.5, 0.6) is 0 Å². The van der Waals surface area contributed by atoms with Crippen LogP contribution in [0.4, 0.5) is 4.79 Å². The highest BCUT2D eigenvalue weighted by Crippen LogP contribution is 2.36. The van der Waals surface area contributed by atoms with Gasteiger partial charge in [0.15, 0.2) is 0 Å². The highest BCUT2D eigenvalue weighted by molar-refractivity contribution is 5.87. The van der Waals surface area contributed by atoms with Crippen molar-refractivity contribution in [3.63, 3.8) is 0 Å². The second-order valence-electron chi connectivity index (χ2n) is 14.9. The molecule has 5 aromatic rings. The summed E-state index contributed by atoms with van der Waals surface area (Å²) in [7, 11) is 1.28. The number of alkyl carbamates (subject to hydrolysis) is 1. The summed E-state index contributed by atoms with van der Waals surface area (Å²) in [6, 6.07) is 25.5. The average molecular weight is 775 g/mol. The SMILES string of the molecule is COC(=O)N[C@@H](C(=O)N1CCCC1c1ncc(C#Cc2ccc(C#Cc3cnc([C@@H]4CCCN4C(=O)[C@@H](c4ccccc4)N4CCCC4)[nH]3)cc2)[nH]1)c1ccccc1. The third-order valence-corrected chi connectivity index (χ3v) is 11.1. The minimum absolute atomic E-state index is 0.109. The van der Waals surface area contributed by atoms with E-state index >= 15 is 0 Å².